The second kappa shape index (κ2) is 5.87. The van der Waals surface area contributed by atoms with Crippen molar-refractivity contribution in [3.8, 4) is 22.8 Å². The third-order valence-electron chi connectivity index (χ3n) is 3.34. The van der Waals surface area contributed by atoms with Crippen molar-refractivity contribution in [3.63, 3.8) is 0 Å². The molecule has 3 rings (SSSR count). The molecule has 1 N–H and O–H groups in total. The third kappa shape index (κ3) is 2.61. The maximum atomic E-state index is 14.0. The van der Waals surface area contributed by atoms with Crippen LogP contribution < -0.4 is 0 Å². The highest BCUT2D eigenvalue weighted by Crippen LogP contribution is 2.29. The summed E-state index contributed by atoms with van der Waals surface area (Å²) < 4.78 is 15.6. The lowest BCUT2D eigenvalue weighted by Gasteiger charge is -2.01. The molecule has 0 fully saturated rings. The molecule has 0 atom stereocenters. The summed E-state index contributed by atoms with van der Waals surface area (Å²) >= 11 is 6.05. The summed E-state index contributed by atoms with van der Waals surface area (Å²) in [5, 5.41) is 13.6. The summed E-state index contributed by atoms with van der Waals surface area (Å²) in [5.74, 6) is 0.380. The minimum atomic E-state index is -0.458. The molecule has 6 heteroatoms. The van der Waals surface area contributed by atoms with E-state index >= 15 is 0 Å². The van der Waals surface area contributed by atoms with E-state index in [9.17, 15) is 4.39 Å². The molecule has 1 aromatic heterocycles. The molecule has 0 saturated carbocycles. The van der Waals surface area contributed by atoms with Crippen molar-refractivity contribution >= 4 is 11.6 Å². The molecule has 0 radical (unpaired) electrons. The Morgan fingerprint density at radius 1 is 1.18 bits per heavy atom. The first-order chi connectivity index (χ1) is 10.6. The van der Waals surface area contributed by atoms with Gasteiger partial charge in [-0.1, -0.05) is 41.9 Å². The lowest BCUT2D eigenvalue weighted by Crippen LogP contribution is -1.95. The second-order valence-corrected chi connectivity index (χ2v) is 5.24. The summed E-state index contributed by atoms with van der Waals surface area (Å²) in [6, 6.07) is 11.8. The Morgan fingerprint density at radius 2 is 1.91 bits per heavy atom. The first-order valence-corrected chi connectivity index (χ1v) is 7.03. The average molecular weight is 318 g/mol. The van der Waals surface area contributed by atoms with Gasteiger partial charge >= 0.3 is 0 Å². The quantitative estimate of drug-likeness (QED) is 0.805. The first-order valence-electron chi connectivity index (χ1n) is 6.65. The maximum Gasteiger partial charge on any atom is 0.186 e. The highest BCUT2D eigenvalue weighted by Gasteiger charge is 2.17. The molecule has 0 aliphatic carbocycles. The van der Waals surface area contributed by atoms with Crippen LogP contribution in [-0.4, -0.2) is 19.9 Å². The molecule has 22 heavy (non-hydrogen) atoms. The largest absolute Gasteiger partial charge is 0.392 e. The van der Waals surface area contributed by atoms with Gasteiger partial charge in [0.05, 0.1) is 17.2 Å². The van der Waals surface area contributed by atoms with Crippen LogP contribution in [0.2, 0.25) is 5.02 Å². The fourth-order valence-electron chi connectivity index (χ4n) is 2.21. The van der Waals surface area contributed by atoms with Gasteiger partial charge in [0.25, 0.3) is 0 Å². The summed E-state index contributed by atoms with van der Waals surface area (Å²) in [6.07, 6.45) is 0. The van der Waals surface area contributed by atoms with Gasteiger partial charge in [0.15, 0.2) is 11.6 Å². The predicted molar refractivity (Wildman–Crippen MR) is 82.8 cm³/mol. The molecule has 0 aliphatic heterocycles. The zero-order valence-corrected chi connectivity index (χ0v) is 12.5. The SMILES string of the molecule is Cn1nc(-c2c(F)cccc2Cl)nc1-c1ccc(CO)cc1. The number of aliphatic hydroxyl groups is 1. The van der Waals surface area contributed by atoms with Gasteiger partial charge in [-0.3, -0.25) is 0 Å². The molecule has 0 amide bonds. The van der Waals surface area contributed by atoms with E-state index in [1.54, 1.807) is 36.0 Å². The van der Waals surface area contributed by atoms with Crippen molar-refractivity contribution in [1.29, 1.82) is 0 Å². The fourth-order valence-corrected chi connectivity index (χ4v) is 2.46. The fraction of sp³-hybridized carbons (Fsp3) is 0.125. The number of aliphatic hydroxyl groups excluding tert-OH is 1. The Kier molecular flexibility index (Phi) is 3.92. The minimum Gasteiger partial charge on any atom is -0.392 e. The van der Waals surface area contributed by atoms with Gasteiger partial charge in [0.1, 0.15) is 5.82 Å². The summed E-state index contributed by atoms with van der Waals surface area (Å²) in [7, 11) is 1.74. The van der Waals surface area contributed by atoms with Crippen LogP contribution in [0.25, 0.3) is 22.8 Å². The van der Waals surface area contributed by atoms with E-state index in [1.165, 1.54) is 6.07 Å². The zero-order chi connectivity index (χ0) is 15.7. The first kappa shape index (κ1) is 14.7. The normalized spacial score (nSPS) is 10.9. The van der Waals surface area contributed by atoms with Gasteiger partial charge in [-0.2, -0.15) is 5.10 Å². The van der Waals surface area contributed by atoms with Crippen LogP contribution in [-0.2, 0) is 13.7 Å². The summed E-state index contributed by atoms with van der Waals surface area (Å²) in [5.41, 5.74) is 1.83. The number of aryl methyl sites for hydroxylation is 1. The Labute approximate surface area is 131 Å². The van der Waals surface area contributed by atoms with Gasteiger partial charge in [-0.15, -0.1) is 0 Å². The molecule has 4 nitrogen and oxygen atoms in total. The predicted octanol–water partition coefficient (Wildman–Crippen LogP) is 3.43. The van der Waals surface area contributed by atoms with Crippen LogP contribution in [0.3, 0.4) is 0 Å². The molecule has 2 aromatic carbocycles. The third-order valence-corrected chi connectivity index (χ3v) is 3.66. The number of rotatable bonds is 3. The number of benzene rings is 2. The Morgan fingerprint density at radius 3 is 2.55 bits per heavy atom. The van der Waals surface area contributed by atoms with E-state index in [0.29, 0.717) is 5.82 Å². The topological polar surface area (TPSA) is 50.9 Å². The highest BCUT2D eigenvalue weighted by atomic mass is 35.5. The van der Waals surface area contributed by atoms with Gasteiger partial charge in [-0.05, 0) is 17.7 Å². The van der Waals surface area contributed by atoms with Crippen LogP contribution in [0.15, 0.2) is 42.5 Å². The summed E-state index contributed by atoms with van der Waals surface area (Å²) in [6.45, 7) is -0.0187. The van der Waals surface area contributed by atoms with Crippen molar-refractivity contribution in [2.45, 2.75) is 6.61 Å². The smallest absolute Gasteiger partial charge is 0.186 e. The van der Waals surface area contributed by atoms with E-state index in [2.05, 4.69) is 10.1 Å². The lowest BCUT2D eigenvalue weighted by molar-refractivity contribution is 0.282. The molecule has 0 spiro atoms. The van der Waals surface area contributed by atoms with E-state index in [1.807, 2.05) is 12.1 Å². The van der Waals surface area contributed by atoms with Gasteiger partial charge in [0, 0.05) is 12.6 Å². The maximum absolute atomic E-state index is 14.0. The zero-order valence-electron chi connectivity index (χ0n) is 11.8. The van der Waals surface area contributed by atoms with Gasteiger partial charge in [0.2, 0.25) is 0 Å². The van der Waals surface area contributed by atoms with Crippen LogP contribution in [0.4, 0.5) is 4.39 Å². The highest BCUT2D eigenvalue weighted by molar-refractivity contribution is 6.33. The van der Waals surface area contributed by atoms with Crippen molar-refractivity contribution in [3.05, 3.63) is 58.9 Å². The number of hydrogen-bond acceptors (Lipinski definition) is 3. The van der Waals surface area contributed by atoms with E-state index in [0.717, 1.165) is 11.1 Å². The minimum absolute atomic E-state index is 0.0187. The van der Waals surface area contributed by atoms with Crippen molar-refractivity contribution in [2.24, 2.45) is 7.05 Å². The van der Waals surface area contributed by atoms with Crippen LogP contribution in [0.1, 0.15) is 5.56 Å². The van der Waals surface area contributed by atoms with Crippen LogP contribution >= 0.6 is 11.6 Å². The van der Waals surface area contributed by atoms with Crippen LogP contribution in [0.5, 0.6) is 0 Å². The Balaban J connectivity index is 2.07. The number of halogens is 2. The molecule has 0 bridgehead atoms. The average Bonchev–Trinajstić information content (AvgIpc) is 2.89. The molecular formula is C16H13ClFN3O. The van der Waals surface area contributed by atoms with Crippen molar-refractivity contribution in [2.75, 3.05) is 0 Å². The Hall–Kier alpha value is -2.24. The second-order valence-electron chi connectivity index (χ2n) is 4.83. The van der Waals surface area contributed by atoms with Crippen LogP contribution in [0, 0.1) is 5.82 Å². The van der Waals surface area contributed by atoms with E-state index in [-0.39, 0.29) is 23.0 Å². The number of hydrogen-bond donors (Lipinski definition) is 1. The number of aromatic nitrogens is 3. The lowest BCUT2D eigenvalue weighted by atomic mass is 10.1. The standard InChI is InChI=1S/C16H13ClFN3O/c1-21-16(11-7-5-10(9-22)6-8-11)19-15(20-21)14-12(17)3-2-4-13(14)18/h2-8,22H,9H2,1H3. The molecule has 1 heterocycles. The monoisotopic (exact) mass is 317 g/mol. The van der Waals surface area contributed by atoms with E-state index in [4.69, 9.17) is 16.7 Å². The molecule has 0 saturated heterocycles. The molecule has 3 aromatic rings. The van der Waals surface area contributed by atoms with Crippen molar-refractivity contribution in [1.82, 2.24) is 14.8 Å². The van der Waals surface area contributed by atoms with Gasteiger partial charge in [-0.25, -0.2) is 14.1 Å². The van der Waals surface area contributed by atoms with Crippen molar-refractivity contribution < 1.29 is 9.50 Å². The van der Waals surface area contributed by atoms with E-state index < -0.39 is 5.82 Å². The summed E-state index contributed by atoms with van der Waals surface area (Å²) in [4.78, 5) is 4.39. The molecular weight excluding hydrogens is 305 g/mol. The molecule has 0 unspecified atom stereocenters. The molecule has 112 valence electrons. The van der Waals surface area contributed by atoms with Gasteiger partial charge < -0.3 is 5.11 Å². The number of nitrogens with zero attached hydrogens (tertiary/aromatic N) is 3. The molecule has 0 aliphatic rings. The Bertz CT molecular complexity index is 795.